The number of nitrogens with zero attached hydrogens (tertiary/aromatic N) is 4. The molecule has 0 aliphatic heterocycles. The van der Waals surface area contributed by atoms with E-state index >= 15 is 0 Å². The van der Waals surface area contributed by atoms with Crippen LogP contribution < -0.4 is 10.0 Å². The number of anilines is 2. The van der Waals surface area contributed by atoms with Crippen LogP contribution in [0.2, 0.25) is 5.02 Å². The Hall–Kier alpha value is -3.19. The first-order valence-corrected chi connectivity index (χ1v) is 12.7. The summed E-state index contributed by atoms with van der Waals surface area (Å²) >= 11 is 5.99. The Labute approximate surface area is 210 Å². The van der Waals surface area contributed by atoms with Gasteiger partial charge >= 0.3 is 6.18 Å². The van der Waals surface area contributed by atoms with Gasteiger partial charge in [-0.3, -0.25) is 9.48 Å². The van der Waals surface area contributed by atoms with Crippen molar-refractivity contribution in [1.82, 2.24) is 19.7 Å². The van der Waals surface area contributed by atoms with Gasteiger partial charge in [-0.1, -0.05) is 11.6 Å². The molecular formula is C22H22ClF3N6O3S. The molecule has 2 heterocycles. The van der Waals surface area contributed by atoms with Crippen molar-refractivity contribution in [2.24, 2.45) is 0 Å². The molecule has 192 valence electrons. The van der Waals surface area contributed by atoms with Gasteiger partial charge in [-0.05, 0) is 63.9 Å². The highest BCUT2D eigenvalue weighted by atomic mass is 35.5. The summed E-state index contributed by atoms with van der Waals surface area (Å²) in [5.41, 5.74) is 0.403. The molecular weight excluding hydrogens is 521 g/mol. The van der Waals surface area contributed by atoms with Crippen LogP contribution in [0.1, 0.15) is 54.5 Å². The summed E-state index contributed by atoms with van der Waals surface area (Å²) in [6.45, 7) is 4.83. The Kier molecular flexibility index (Phi) is 6.73. The average molecular weight is 543 g/mol. The number of carbonyl (C=O) groups excluding carboxylic acids is 1. The van der Waals surface area contributed by atoms with Gasteiger partial charge < -0.3 is 5.32 Å². The second kappa shape index (κ2) is 9.36. The maximum Gasteiger partial charge on any atom is 0.436 e. The maximum atomic E-state index is 13.3. The van der Waals surface area contributed by atoms with E-state index in [1.54, 1.807) is 19.9 Å². The van der Waals surface area contributed by atoms with Crippen LogP contribution in [0, 0.1) is 13.8 Å². The normalized spacial score (nSPS) is 15.0. The molecule has 36 heavy (non-hydrogen) atoms. The van der Waals surface area contributed by atoms with Gasteiger partial charge in [0.1, 0.15) is 6.04 Å². The highest BCUT2D eigenvalue weighted by molar-refractivity contribution is 7.92. The van der Waals surface area contributed by atoms with Crippen LogP contribution in [-0.2, 0) is 21.0 Å². The molecule has 0 spiro atoms. The summed E-state index contributed by atoms with van der Waals surface area (Å²) in [4.78, 5) is 20.8. The molecule has 1 saturated carbocycles. The predicted octanol–water partition coefficient (Wildman–Crippen LogP) is 4.84. The lowest BCUT2D eigenvalue weighted by molar-refractivity contribution is -0.141. The SMILES string of the molecule is Cc1cc(C)nc(NS(=O)(=O)c2ccc(NC(=O)C(C)n3nc(C(F)(F)F)c(Cl)c3C3CC3)cc2)n1. The third-order valence-electron chi connectivity index (χ3n) is 5.51. The van der Waals surface area contributed by atoms with Crippen LogP contribution in [0.3, 0.4) is 0 Å². The van der Waals surface area contributed by atoms with E-state index in [1.807, 2.05) is 0 Å². The quantitative estimate of drug-likeness (QED) is 0.441. The zero-order valence-electron chi connectivity index (χ0n) is 19.4. The second-order valence-electron chi connectivity index (χ2n) is 8.53. The van der Waals surface area contributed by atoms with Gasteiger partial charge in [0.25, 0.3) is 10.0 Å². The number of benzene rings is 1. The van der Waals surface area contributed by atoms with E-state index in [9.17, 15) is 26.4 Å². The smallest absolute Gasteiger partial charge is 0.324 e. The molecule has 4 rings (SSSR count). The number of rotatable bonds is 7. The summed E-state index contributed by atoms with van der Waals surface area (Å²) < 4.78 is 68.7. The molecule has 0 bridgehead atoms. The average Bonchev–Trinajstić information content (AvgIpc) is 3.53. The summed E-state index contributed by atoms with van der Waals surface area (Å²) in [6, 6.07) is 5.87. The minimum Gasteiger partial charge on any atom is -0.324 e. The van der Waals surface area contributed by atoms with E-state index in [0.717, 1.165) is 4.68 Å². The summed E-state index contributed by atoms with van der Waals surface area (Å²) in [6.07, 6.45) is -3.43. The van der Waals surface area contributed by atoms with Crippen molar-refractivity contribution in [3.63, 3.8) is 0 Å². The van der Waals surface area contributed by atoms with Gasteiger partial charge in [0.15, 0.2) is 5.69 Å². The van der Waals surface area contributed by atoms with Crippen molar-refractivity contribution in [3.8, 4) is 0 Å². The molecule has 1 aliphatic rings. The van der Waals surface area contributed by atoms with Gasteiger partial charge in [0, 0.05) is 23.0 Å². The van der Waals surface area contributed by atoms with E-state index < -0.39 is 38.9 Å². The molecule has 0 saturated heterocycles. The lowest BCUT2D eigenvalue weighted by Crippen LogP contribution is -2.26. The van der Waals surface area contributed by atoms with E-state index in [0.29, 0.717) is 24.2 Å². The molecule has 1 amide bonds. The number of hydrogen-bond donors (Lipinski definition) is 2. The topological polar surface area (TPSA) is 119 Å². The first kappa shape index (κ1) is 25.9. The van der Waals surface area contributed by atoms with E-state index in [2.05, 4.69) is 25.1 Å². The highest BCUT2D eigenvalue weighted by Gasteiger charge is 2.43. The number of aromatic nitrogens is 4. The van der Waals surface area contributed by atoms with Gasteiger partial charge in [0.2, 0.25) is 11.9 Å². The fourth-order valence-electron chi connectivity index (χ4n) is 3.65. The Bertz CT molecular complexity index is 1400. The third-order valence-corrected chi connectivity index (χ3v) is 7.22. The molecule has 9 nitrogen and oxygen atoms in total. The van der Waals surface area contributed by atoms with Crippen molar-refractivity contribution in [2.45, 2.75) is 56.6 Å². The number of carbonyl (C=O) groups is 1. The minimum atomic E-state index is -4.75. The van der Waals surface area contributed by atoms with Crippen LogP contribution in [0.4, 0.5) is 24.8 Å². The fraction of sp³-hybridized carbons (Fsp3) is 0.364. The molecule has 2 N–H and O–H groups in total. The van der Waals surface area contributed by atoms with E-state index in [-0.39, 0.29) is 28.1 Å². The zero-order valence-corrected chi connectivity index (χ0v) is 21.0. The van der Waals surface area contributed by atoms with Gasteiger partial charge in [-0.25, -0.2) is 23.1 Å². The van der Waals surface area contributed by atoms with Gasteiger partial charge in [-0.15, -0.1) is 0 Å². The summed E-state index contributed by atoms with van der Waals surface area (Å²) in [5, 5.41) is 5.69. The molecule has 1 unspecified atom stereocenters. The largest absolute Gasteiger partial charge is 0.436 e. The Morgan fingerprint density at radius 1 is 1.14 bits per heavy atom. The summed E-state index contributed by atoms with van der Waals surface area (Å²) in [5.74, 6) is -0.891. The standard InChI is InChI=1S/C22H22ClF3N6O3S/c1-11-10-12(2)28-21(27-11)31-36(34,35)16-8-6-15(7-9-16)29-20(33)13(3)32-18(14-4-5-14)17(23)19(30-32)22(24,25)26/h6-10,13-14H,4-5H2,1-3H3,(H,29,33)(H,27,28,31). The first-order valence-electron chi connectivity index (χ1n) is 10.9. The van der Waals surface area contributed by atoms with E-state index in [1.165, 1.54) is 31.2 Å². The number of nitrogens with one attached hydrogen (secondary N) is 2. The Morgan fingerprint density at radius 3 is 2.25 bits per heavy atom. The van der Waals surface area contributed by atoms with E-state index in [4.69, 9.17) is 11.6 Å². The molecule has 1 fully saturated rings. The van der Waals surface area contributed by atoms with Crippen LogP contribution in [0.5, 0.6) is 0 Å². The van der Waals surface area contributed by atoms with Crippen LogP contribution in [0.25, 0.3) is 0 Å². The van der Waals surface area contributed by atoms with Crippen LogP contribution >= 0.6 is 11.6 Å². The van der Waals surface area contributed by atoms with Crippen molar-refractivity contribution in [2.75, 3.05) is 10.0 Å². The first-order chi connectivity index (χ1) is 16.8. The molecule has 0 radical (unpaired) electrons. The Morgan fingerprint density at radius 2 is 1.72 bits per heavy atom. The van der Waals surface area contributed by atoms with Crippen molar-refractivity contribution >= 4 is 39.2 Å². The molecule has 1 aromatic carbocycles. The summed E-state index contributed by atoms with van der Waals surface area (Å²) in [7, 11) is -4.00. The van der Waals surface area contributed by atoms with Gasteiger partial charge in [0.05, 0.1) is 15.6 Å². The van der Waals surface area contributed by atoms with Crippen molar-refractivity contribution in [3.05, 3.63) is 58.1 Å². The van der Waals surface area contributed by atoms with Crippen molar-refractivity contribution < 1.29 is 26.4 Å². The molecule has 1 atom stereocenters. The number of hydrogen-bond acceptors (Lipinski definition) is 6. The molecule has 1 aliphatic carbocycles. The monoisotopic (exact) mass is 542 g/mol. The predicted molar refractivity (Wildman–Crippen MR) is 126 cm³/mol. The number of aryl methyl sites for hydroxylation is 2. The highest BCUT2D eigenvalue weighted by Crippen LogP contribution is 2.47. The number of alkyl halides is 3. The third kappa shape index (κ3) is 5.46. The number of sulfonamides is 1. The molecule has 2 aromatic heterocycles. The lowest BCUT2D eigenvalue weighted by atomic mass is 10.2. The minimum absolute atomic E-state index is 0.0683. The maximum absolute atomic E-state index is 13.3. The fourth-order valence-corrected chi connectivity index (χ4v) is 4.98. The second-order valence-corrected chi connectivity index (χ2v) is 10.6. The zero-order chi connectivity index (χ0) is 26.4. The van der Waals surface area contributed by atoms with Crippen LogP contribution in [0.15, 0.2) is 35.2 Å². The lowest BCUT2D eigenvalue weighted by Gasteiger charge is -2.16. The van der Waals surface area contributed by atoms with Gasteiger partial charge in [-0.2, -0.15) is 18.3 Å². The Balaban J connectivity index is 1.50. The molecule has 14 heteroatoms. The van der Waals surface area contributed by atoms with Crippen molar-refractivity contribution in [1.29, 1.82) is 0 Å². The number of amides is 1. The number of halogens is 4. The molecule has 3 aromatic rings. The van der Waals surface area contributed by atoms with Crippen LogP contribution in [-0.4, -0.2) is 34.1 Å².